The van der Waals surface area contributed by atoms with Crippen molar-refractivity contribution in [2.24, 2.45) is 0 Å². The predicted octanol–water partition coefficient (Wildman–Crippen LogP) is 2.46. The van der Waals surface area contributed by atoms with Crippen molar-refractivity contribution in [2.45, 2.75) is 38.3 Å². The summed E-state index contributed by atoms with van der Waals surface area (Å²) in [6.45, 7) is 4.55. The molecular formula is C16H23N5O2S. The molecule has 0 aliphatic heterocycles. The summed E-state index contributed by atoms with van der Waals surface area (Å²) < 4.78 is 6.95. The number of rotatable bonds is 9. The van der Waals surface area contributed by atoms with E-state index in [0.717, 1.165) is 25.1 Å². The minimum Gasteiger partial charge on any atom is -0.492 e. The summed E-state index contributed by atoms with van der Waals surface area (Å²) in [5.41, 5.74) is 0.655. The van der Waals surface area contributed by atoms with Crippen molar-refractivity contribution in [1.82, 2.24) is 14.9 Å². The van der Waals surface area contributed by atoms with Crippen LogP contribution in [0.25, 0.3) is 0 Å². The Morgan fingerprint density at radius 1 is 1.33 bits per heavy atom. The van der Waals surface area contributed by atoms with Crippen LogP contribution < -0.4 is 15.9 Å². The molecule has 7 nitrogen and oxygen atoms in total. The van der Waals surface area contributed by atoms with Gasteiger partial charge in [-0.05, 0) is 25.5 Å². The van der Waals surface area contributed by atoms with Crippen LogP contribution in [-0.4, -0.2) is 33.1 Å². The van der Waals surface area contributed by atoms with Gasteiger partial charge >= 0.3 is 0 Å². The summed E-state index contributed by atoms with van der Waals surface area (Å²) in [5, 5.41) is 11.5. The van der Waals surface area contributed by atoms with Crippen LogP contribution in [0.1, 0.15) is 32.5 Å². The second kappa shape index (κ2) is 9.17. The Balaban J connectivity index is 1.91. The number of hydrogen-bond acceptors (Lipinski definition) is 6. The monoisotopic (exact) mass is 349 g/mol. The number of hydrogen-bond donors (Lipinski definition) is 2. The topological polar surface area (TPSA) is 95.1 Å². The van der Waals surface area contributed by atoms with Crippen LogP contribution in [-0.2, 0) is 11.2 Å². The standard InChI is InChI=1S/C16H23N5O2S/c1-3-5-10-14-19-20-16(21(14)17)24-11-15(22)18-12-8-6-7-9-13(12)23-4-2/h6-9H,3-5,10-11,17H2,1-2H3,(H,18,22). The maximum Gasteiger partial charge on any atom is 0.234 e. The molecule has 0 atom stereocenters. The number of nitrogens with zero attached hydrogens (tertiary/aromatic N) is 3. The third-order valence-corrected chi connectivity index (χ3v) is 4.23. The smallest absolute Gasteiger partial charge is 0.234 e. The zero-order valence-electron chi connectivity index (χ0n) is 14.0. The fourth-order valence-electron chi connectivity index (χ4n) is 2.08. The van der Waals surface area contributed by atoms with Crippen molar-refractivity contribution in [3.05, 3.63) is 30.1 Å². The number of para-hydroxylation sites is 2. The number of carbonyl (C=O) groups excluding carboxylic acids is 1. The van der Waals surface area contributed by atoms with E-state index in [-0.39, 0.29) is 11.7 Å². The first-order valence-electron chi connectivity index (χ1n) is 7.99. The Bertz CT molecular complexity index is 674. The molecule has 8 heteroatoms. The molecule has 0 spiro atoms. The summed E-state index contributed by atoms with van der Waals surface area (Å²) in [6, 6.07) is 7.34. The normalized spacial score (nSPS) is 10.6. The number of nitrogens with one attached hydrogen (secondary N) is 1. The average Bonchev–Trinajstić information content (AvgIpc) is 2.93. The maximum absolute atomic E-state index is 12.1. The highest BCUT2D eigenvalue weighted by Crippen LogP contribution is 2.24. The Hall–Kier alpha value is -2.22. The lowest BCUT2D eigenvalue weighted by atomic mass is 10.2. The van der Waals surface area contributed by atoms with E-state index in [9.17, 15) is 4.79 Å². The van der Waals surface area contributed by atoms with Gasteiger partial charge in [-0.3, -0.25) is 4.79 Å². The van der Waals surface area contributed by atoms with E-state index in [1.165, 1.54) is 16.4 Å². The second-order valence-corrected chi connectivity index (χ2v) is 6.08. The molecule has 3 N–H and O–H groups in total. The fraction of sp³-hybridized carbons (Fsp3) is 0.438. The Morgan fingerprint density at radius 3 is 2.88 bits per heavy atom. The van der Waals surface area contributed by atoms with Gasteiger partial charge in [0.1, 0.15) is 5.75 Å². The zero-order valence-corrected chi connectivity index (χ0v) is 14.8. The molecule has 1 aromatic carbocycles. The average molecular weight is 349 g/mol. The Labute approximate surface area is 145 Å². The van der Waals surface area contributed by atoms with Crippen LogP contribution in [0, 0.1) is 0 Å². The molecule has 0 fully saturated rings. The van der Waals surface area contributed by atoms with E-state index < -0.39 is 0 Å². The first-order valence-corrected chi connectivity index (χ1v) is 8.98. The summed E-state index contributed by atoms with van der Waals surface area (Å²) in [5.74, 6) is 7.41. The van der Waals surface area contributed by atoms with E-state index in [2.05, 4.69) is 22.4 Å². The molecule has 130 valence electrons. The third-order valence-electron chi connectivity index (χ3n) is 3.28. The maximum atomic E-state index is 12.1. The van der Waals surface area contributed by atoms with Gasteiger partial charge in [0.05, 0.1) is 18.0 Å². The number of aryl methyl sites for hydroxylation is 1. The summed E-state index contributed by atoms with van der Waals surface area (Å²) in [4.78, 5) is 12.1. The quantitative estimate of drug-likeness (QED) is 0.533. The number of unbranched alkanes of at least 4 members (excludes halogenated alkanes) is 1. The molecule has 1 amide bonds. The van der Waals surface area contributed by atoms with Crippen LogP contribution in [0.5, 0.6) is 5.75 Å². The van der Waals surface area contributed by atoms with Crippen LogP contribution in [0.2, 0.25) is 0 Å². The lowest BCUT2D eigenvalue weighted by Crippen LogP contribution is -2.17. The molecule has 1 aromatic heterocycles. The first-order chi connectivity index (χ1) is 11.7. The molecule has 0 bridgehead atoms. The van der Waals surface area contributed by atoms with Gasteiger partial charge in [-0.1, -0.05) is 37.2 Å². The lowest BCUT2D eigenvalue weighted by Gasteiger charge is -2.10. The molecule has 0 radical (unpaired) electrons. The molecule has 0 unspecified atom stereocenters. The molecule has 0 saturated carbocycles. The van der Waals surface area contributed by atoms with E-state index in [4.69, 9.17) is 10.6 Å². The number of benzene rings is 1. The fourth-order valence-corrected chi connectivity index (χ4v) is 2.75. The van der Waals surface area contributed by atoms with Crippen molar-refractivity contribution in [3.63, 3.8) is 0 Å². The van der Waals surface area contributed by atoms with Crippen LogP contribution in [0.4, 0.5) is 5.69 Å². The van der Waals surface area contributed by atoms with Gasteiger partial charge in [-0.2, -0.15) is 0 Å². The first kappa shape index (κ1) is 18.1. The summed E-state index contributed by atoms with van der Waals surface area (Å²) in [7, 11) is 0. The minimum atomic E-state index is -0.148. The molecule has 0 aliphatic carbocycles. The van der Waals surface area contributed by atoms with Crippen LogP contribution in [0.15, 0.2) is 29.4 Å². The summed E-state index contributed by atoms with van der Waals surface area (Å²) >= 11 is 1.26. The second-order valence-electron chi connectivity index (χ2n) is 5.14. The van der Waals surface area contributed by atoms with E-state index in [1.807, 2.05) is 31.2 Å². The number of nitrogen functional groups attached to an aromatic ring is 1. The van der Waals surface area contributed by atoms with Crippen molar-refractivity contribution < 1.29 is 9.53 Å². The predicted molar refractivity (Wildman–Crippen MR) is 95.7 cm³/mol. The number of amides is 1. The van der Waals surface area contributed by atoms with Crippen molar-refractivity contribution in [1.29, 1.82) is 0 Å². The van der Waals surface area contributed by atoms with E-state index >= 15 is 0 Å². The molecule has 2 rings (SSSR count). The number of carbonyl (C=O) groups is 1. The molecule has 2 aromatic rings. The van der Waals surface area contributed by atoms with E-state index in [1.54, 1.807) is 0 Å². The number of thioether (sulfide) groups is 1. The Kier molecular flexibility index (Phi) is 6.92. The van der Waals surface area contributed by atoms with Gasteiger partial charge in [0, 0.05) is 6.42 Å². The van der Waals surface area contributed by atoms with Crippen LogP contribution in [0.3, 0.4) is 0 Å². The zero-order chi connectivity index (χ0) is 17.4. The van der Waals surface area contributed by atoms with Gasteiger partial charge in [-0.15, -0.1) is 10.2 Å². The number of ether oxygens (including phenoxy) is 1. The van der Waals surface area contributed by atoms with Crippen molar-refractivity contribution >= 4 is 23.4 Å². The molecule has 0 saturated heterocycles. The van der Waals surface area contributed by atoms with Gasteiger partial charge < -0.3 is 15.9 Å². The highest BCUT2D eigenvalue weighted by molar-refractivity contribution is 7.99. The van der Waals surface area contributed by atoms with Crippen molar-refractivity contribution in [3.8, 4) is 5.75 Å². The van der Waals surface area contributed by atoms with Gasteiger partial charge in [-0.25, -0.2) is 4.68 Å². The highest BCUT2D eigenvalue weighted by Gasteiger charge is 2.13. The van der Waals surface area contributed by atoms with Gasteiger partial charge in [0.2, 0.25) is 11.1 Å². The third kappa shape index (κ3) is 4.89. The van der Waals surface area contributed by atoms with Crippen LogP contribution >= 0.6 is 11.8 Å². The molecule has 0 aliphatic rings. The highest BCUT2D eigenvalue weighted by atomic mass is 32.2. The SMILES string of the molecule is CCCCc1nnc(SCC(=O)Nc2ccccc2OCC)n1N. The van der Waals surface area contributed by atoms with Gasteiger partial charge in [0.25, 0.3) is 0 Å². The Morgan fingerprint density at radius 2 is 2.12 bits per heavy atom. The van der Waals surface area contributed by atoms with Gasteiger partial charge in [0.15, 0.2) is 5.82 Å². The van der Waals surface area contributed by atoms with Crippen molar-refractivity contribution in [2.75, 3.05) is 23.5 Å². The largest absolute Gasteiger partial charge is 0.492 e. The lowest BCUT2D eigenvalue weighted by molar-refractivity contribution is -0.113. The minimum absolute atomic E-state index is 0.148. The molecule has 24 heavy (non-hydrogen) atoms. The van der Waals surface area contributed by atoms with E-state index in [0.29, 0.717) is 23.2 Å². The molecular weight excluding hydrogens is 326 g/mol. The molecule has 1 heterocycles. The summed E-state index contributed by atoms with van der Waals surface area (Å²) in [6.07, 6.45) is 2.86. The number of nitrogens with two attached hydrogens (primary N) is 1. The number of aromatic nitrogens is 3. The number of anilines is 1.